The van der Waals surface area contributed by atoms with E-state index in [0.29, 0.717) is 11.6 Å². The molecule has 0 bridgehead atoms. The Kier molecular flexibility index (Phi) is 3.09. The molecule has 1 aliphatic carbocycles. The molecule has 0 aromatic carbocycles. The lowest BCUT2D eigenvalue weighted by atomic mass is 9.87. The monoisotopic (exact) mass is 210 g/mol. The van der Waals surface area contributed by atoms with Gasteiger partial charge in [0.05, 0.1) is 0 Å². The zero-order chi connectivity index (χ0) is 11.1. The summed E-state index contributed by atoms with van der Waals surface area (Å²) in [4.78, 5) is 2.61. The predicted octanol–water partition coefficient (Wildman–Crippen LogP) is 2.10. The Labute approximate surface area is 94.4 Å². The Morgan fingerprint density at radius 2 is 2.13 bits per heavy atom. The summed E-state index contributed by atoms with van der Waals surface area (Å²) in [6, 6.07) is 0.701. The Bertz CT molecular complexity index is 225. The van der Waals surface area contributed by atoms with E-state index >= 15 is 0 Å². The van der Waals surface area contributed by atoms with Crippen molar-refractivity contribution >= 4 is 0 Å². The molecule has 2 fully saturated rings. The highest BCUT2D eigenvalue weighted by Gasteiger charge is 2.47. The molecule has 2 aliphatic rings. The molecular weight excluding hydrogens is 184 g/mol. The summed E-state index contributed by atoms with van der Waals surface area (Å²) in [5, 5.41) is 3.77. The number of nitrogens with zero attached hydrogens (tertiary/aromatic N) is 1. The minimum atomic E-state index is 0.434. The summed E-state index contributed by atoms with van der Waals surface area (Å²) in [5.41, 5.74) is 0.434. The van der Waals surface area contributed by atoms with Crippen LogP contribution in [0.4, 0.5) is 0 Å². The normalized spacial score (nSPS) is 40.4. The number of piperazine rings is 1. The Balaban J connectivity index is 1.96. The minimum Gasteiger partial charge on any atom is -0.311 e. The molecule has 1 saturated carbocycles. The second-order valence-electron chi connectivity index (χ2n) is 5.88. The third-order valence-corrected chi connectivity index (χ3v) is 4.85. The Morgan fingerprint density at radius 1 is 1.47 bits per heavy atom. The third-order valence-electron chi connectivity index (χ3n) is 4.85. The summed E-state index contributed by atoms with van der Waals surface area (Å²) in [6.45, 7) is 9.50. The summed E-state index contributed by atoms with van der Waals surface area (Å²) >= 11 is 0. The lowest BCUT2D eigenvalue weighted by molar-refractivity contribution is 0.0468. The molecule has 0 spiro atoms. The molecule has 2 nitrogen and oxygen atoms in total. The first-order valence-electron chi connectivity index (χ1n) is 6.52. The van der Waals surface area contributed by atoms with Crippen molar-refractivity contribution in [2.24, 2.45) is 11.8 Å². The van der Waals surface area contributed by atoms with E-state index < -0.39 is 0 Å². The highest BCUT2D eigenvalue weighted by Crippen LogP contribution is 2.43. The fraction of sp³-hybridized carbons (Fsp3) is 1.00. The topological polar surface area (TPSA) is 15.3 Å². The fourth-order valence-electron chi connectivity index (χ4n) is 2.87. The average Bonchev–Trinajstić information content (AvgIpc) is 3.04. The predicted molar refractivity (Wildman–Crippen MR) is 65.0 cm³/mol. The maximum atomic E-state index is 3.77. The molecule has 2 heteroatoms. The number of nitrogens with one attached hydrogen (secondary N) is 1. The van der Waals surface area contributed by atoms with Crippen molar-refractivity contribution in [3.8, 4) is 0 Å². The second kappa shape index (κ2) is 4.06. The van der Waals surface area contributed by atoms with E-state index in [1.165, 1.54) is 32.4 Å². The van der Waals surface area contributed by atoms with Gasteiger partial charge in [-0.2, -0.15) is 0 Å². The van der Waals surface area contributed by atoms with Crippen LogP contribution < -0.4 is 5.32 Å². The molecule has 1 heterocycles. The van der Waals surface area contributed by atoms with Crippen molar-refractivity contribution in [3.05, 3.63) is 0 Å². The molecule has 3 atom stereocenters. The van der Waals surface area contributed by atoms with Crippen molar-refractivity contribution < 1.29 is 0 Å². The SMILES string of the molecule is CCC(C)C1CN(C)C(C)(C2CC2)CN1. The van der Waals surface area contributed by atoms with Gasteiger partial charge in [-0.25, -0.2) is 0 Å². The first-order chi connectivity index (χ1) is 7.08. The first kappa shape index (κ1) is 11.4. The number of rotatable bonds is 3. The van der Waals surface area contributed by atoms with Crippen molar-refractivity contribution in [2.45, 2.75) is 51.6 Å². The van der Waals surface area contributed by atoms with Crippen molar-refractivity contribution in [2.75, 3.05) is 20.1 Å². The van der Waals surface area contributed by atoms with Gasteiger partial charge in [-0.15, -0.1) is 0 Å². The van der Waals surface area contributed by atoms with Crippen LogP contribution in [-0.2, 0) is 0 Å². The van der Waals surface area contributed by atoms with Gasteiger partial charge in [0, 0.05) is 24.7 Å². The highest BCUT2D eigenvalue weighted by atomic mass is 15.3. The highest BCUT2D eigenvalue weighted by molar-refractivity contribution is 5.04. The maximum absolute atomic E-state index is 3.77. The molecular formula is C13H26N2. The molecule has 15 heavy (non-hydrogen) atoms. The van der Waals surface area contributed by atoms with E-state index in [0.717, 1.165) is 11.8 Å². The quantitative estimate of drug-likeness (QED) is 0.767. The van der Waals surface area contributed by atoms with Crippen LogP contribution in [0.15, 0.2) is 0 Å². The van der Waals surface area contributed by atoms with Crippen molar-refractivity contribution in [1.29, 1.82) is 0 Å². The second-order valence-corrected chi connectivity index (χ2v) is 5.88. The molecule has 3 unspecified atom stereocenters. The smallest absolute Gasteiger partial charge is 0.0331 e. The van der Waals surface area contributed by atoms with Gasteiger partial charge in [0.1, 0.15) is 0 Å². The maximum Gasteiger partial charge on any atom is 0.0331 e. The molecule has 2 rings (SSSR count). The van der Waals surface area contributed by atoms with E-state index in [9.17, 15) is 0 Å². The van der Waals surface area contributed by atoms with Gasteiger partial charge in [-0.3, -0.25) is 4.90 Å². The lowest BCUT2D eigenvalue weighted by Gasteiger charge is -2.48. The lowest BCUT2D eigenvalue weighted by Crippen LogP contribution is -2.64. The van der Waals surface area contributed by atoms with Crippen molar-refractivity contribution in [3.63, 3.8) is 0 Å². The molecule has 0 radical (unpaired) electrons. The molecule has 1 aliphatic heterocycles. The van der Waals surface area contributed by atoms with Crippen molar-refractivity contribution in [1.82, 2.24) is 10.2 Å². The first-order valence-corrected chi connectivity index (χ1v) is 6.52. The standard InChI is InChI=1S/C13H26N2/c1-5-10(2)12-8-15(4)13(3,9-14-12)11-6-7-11/h10-12,14H,5-9H2,1-4H3. The molecule has 88 valence electrons. The number of hydrogen-bond acceptors (Lipinski definition) is 2. The average molecular weight is 210 g/mol. The van der Waals surface area contributed by atoms with E-state index in [1.807, 2.05) is 0 Å². The molecule has 0 amide bonds. The summed E-state index contributed by atoms with van der Waals surface area (Å²) in [6.07, 6.45) is 4.17. The van der Waals surface area contributed by atoms with Gasteiger partial charge in [-0.05, 0) is 38.6 Å². The van der Waals surface area contributed by atoms with Crippen LogP contribution in [0.25, 0.3) is 0 Å². The van der Waals surface area contributed by atoms with Crippen LogP contribution in [0.1, 0.15) is 40.0 Å². The van der Waals surface area contributed by atoms with Crippen LogP contribution in [0, 0.1) is 11.8 Å². The van der Waals surface area contributed by atoms with Gasteiger partial charge in [0.25, 0.3) is 0 Å². The van der Waals surface area contributed by atoms with E-state index in [4.69, 9.17) is 0 Å². The van der Waals surface area contributed by atoms with E-state index in [-0.39, 0.29) is 0 Å². The largest absolute Gasteiger partial charge is 0.311 e. The Morgan fingerprint density at radius 3 is 2.60 bits per heavy atom. The Hall–Kier alpha value is -0.0800. The summed E-state index contributed by atoms with van der Waals surface area (Å²) in [5.74, 6) is 1.75. The van der Waals surface area contributed by atoms with Crippen LogP contribution in [0.5, 0.6) is 0 Å². The van der Waals surface area contributed by atoms with Gasteiger partial charge >= 0.3 is 0 Å². The zero-order valence-electron chi connectivity index (χ0n) is 10.7. The summed E-state index contributed by atoms with van der Waals surface area (Å²) in [7, 11) is 2.31. The van der Waals surface area contributed by atoms with Crippen LogP contribution in [0.2, 0.25) is 0 Å². The third kappa shape index (κ3) is 2.07. The molecule has 0 aromatic heterocycles. The van der Waals surface area contributed by atoms with Gasteiger partial charge in [0.2, 0.25) is 0 Å². The number of hydrogen-bond donors (Lipinski definition) is 1. The van der Waals surface area contributed by atoms with E-state index in [1.54, 1.807) is 0 Å². The number of likely N-dealkylation sites (N-methyl/N-ethyl adjacent to an activating group) is 1. The van der Waals surface area contributed by atoms with Gasteiger partial charge in [-0.1, -0.05) is 20.3 Å². The summed E-state index contributed by atoms with van der Waals surface area (Å²) < 4.78 is 0. The fourth-order valence-corrected chi connectivity index (χ4v) is 2.87. The zero-order valence-corrected chi connectivity index (χ0v) is 10.7. The van der Waals surface area contributed by atoms with Crippen LogP contribution in [-0.4, -0.2) is 36.6 Å². The minimum absolute atomic E-state index is 0.434. The van der Waals surface area contributed by atoms with E-state index in [2.05, 4.69) is 38.0 Å². The molecule has 1 N–H and O–H groups in total. The molecule has 0 aromatic rings. The van der Waals surface area contributed by atoms with Gasteiger partial charge < -0.3 is 5.32 Å². The van der Waals surface area contributed by atoms with Crippen LogP contribution in [0.3, 0.4) is 0 Å². The molecule has 1 saturated heterocycles. The van der Waals surface area contributed by atoms with Crippen LogP contribution >= 0.6 is 0 Å². The van der Waals surface area contributed by atoms with Gasteiger partial charge in [0.15, 0.2) is 0 Å².